The van der Waals surface area contributed by atoms with E-state index in [9.17, 15) is 4.79 Å². The number of nitrogens with zero attached hydrogens (tertiary/aromatic N) is 1. The van der Waals surface area contributed by atoms with Crippen molar-refractivity contribution in [2.75, 3.05) is 46.1 Å². The summed E-state index contributed by atoms with van der Waals surface area (Å²) in [5, 5.41) is 3.04. The quantitative estimate of drug-likeness (QED) is 0.780. The third-order valence-electron chi connectivity index (χ3n) is 4.35. The van der Waals surface area contributed by atoms with Crippen LogP contribution in [0.4, 0.5) is 0 Å². The summed E-state index contributed by atoms with van der Waals surface area (Å²) in [4.78, 5) is 14.9. The third kappa shape index (κ3) is 5.34. The zero-order valence-corrected chi connectivity index (χ0v) is 15.8. The van der Waals surface area contributed by atoms with Crippen molar-refractivity contribution in [3.63, 3.8) is 0 Å². The van der Waals surface area contributed by atoms with Crippen molar-refractivity contribution in [3.8, 4) is 11.5 Å². The minimum atomic E-state index is -0.118. The van der Waals surface area contributed by atoms with Crippen LogP contribution in [0, 0.1) is 0 Å². The summed E-state index contributed by atoms with van der Waals surface area (Å²) in [5.74, 6) is 1.16. The molecule has 1 saturated heterocycles. The van der Waals surface area contributed by atoms with E-state index >= 15 is 0 Å². The van der Waals surface area contributed by atoms with Crippen molar-refractivity contribution in [1.82, 2.24) is 10.2 Å². The lowest BCUT2D eigenvalue weighted by molar-refractivity contribution is -0.00923. The smallest absolute Gasteiger partial charge is 0.251 e. The number of hydrogen-bond donors (Lipinski definition) is 1. The third-order valence-corrected chi connectivity index (χ3v) is 4.35. The lowest BCUT2D eigenvalue weighted by Crippen LogP contribution is -2.55. The maximum Gasteiger partial charge on any atom is 0.251 e. The lowest BCUT2D eigenvalue weighted by Gasteiger charge is -2.40. The van der Waals surface area contributed by atoms with Gasteiger partial charge in [-0.05, 0) is 45.9 Å². The Labute approximate surface area is 150 Å². The molecule has 6 heteroatoms. The molecule has 0 bridgehead atoms. The highest BCUT2D eigenvalue weighted by Gasteiger charge is 2.28. The number of carbonyl (C=O) groups is 1. The lowest BCUT2D eigenvalue weighted by atomic mass is 10.0. The number of hydrogen-bond acceptors (Lipinski definition) is 5. The molecule has 0 aromatic heterocycles. The van der Waals surface area contributed by atoms with Gasteiger partial charge in [-0.15, -0.1) is 0 Å². The molecule has 0 saturated carbocycles. The zero-order chi connectivity index (χ0) is 18.3. The normalized spacial score (nSPS) is 15.7. The molecule has 1 N–H and O–H groups in total. The average Bonchev–Trinajstić information content (AvgIpc) is 2.62. The van der Waals surface area contributed by atoms with Crippen LogP contribution in [0.5, 0.6) is 11.5 Å². The highest BCUT2D eigenvalue weighted by Crippen LogP contribution is 2.28. The van der Waals surface area contributed by atoms with Gasteiger partial charge in [-0.3, -0.25) is 9.69 Å². The average molecular weight is 350 g/mol. The van der Waals surface area contributed by atoms with Gasteiger partial charge in [-0.25, -0.2) is 0 Å². The van der Waals surface area contributed by atoms with Crippen molar-refractivity contribution in [2.45, 2.75) is 33.2 Å². The van der Waals surface area contributed by atoms with Gasteiger partial charge in [0.1, 0.15) is 0 Å². The summed E-state index contributed by atoms with van der Waals surface area (Å²) in [5.41, 5.74) is 0.456. The highest BCUT2D eigenvalue weighted by atomic mass is 16.5. The number of morpholine rings is 1. The predicted octanol–water partition coefficient (Wildman–Crippen LogP) is 2.32. The number of amides is 1. The first kappa shape index (κ1) is 19.5. The van der Waals surface area contributed by atoms with E-state index in [0.717, 1.165) is 26.3 Å². The first-order valence-electron chi connectivity index (χ1n) is 8.98. The molecule has 0 unspecified atom stereocenters. The van der Waals surface area contributed by atoms with E-state index in [1.54, 1.807) is 18.2 Å². The van der Waals surface area contributed by atoms with Gasteiger partial charge in [0.2, 0.25) is 0 Å². The fourth-order valence-corrected chi connectivity index (χ4v) is 2.87. The van der Waals surface area contributed by atoms with Crippen LogP contribution in [-0.4, -0.2) is 62.4 Å². The molecule has 25 heavy (non-hydrogen) atoms. The predicted molar refractivity (Wildman–Crippen MR) is 97.6 cm³/mol. The van der Waals surface area contributed by atoms with E-state index < -0.39 is 0 Å². The van der Waals surface area contributed by atoms with Crippen LogP contribution in [0.25, 0.3) is 0 Å². The van der Waals surface area contributed by atoms with Crippen LogP contribution < -0.4 is 14.8 Å². The SMILES string of the molecule is CCOc1ccc(C(=O)NCC(C)(C)N2CCOCC2)cc1OCC. The first-order chi connectivity index (χ1) is 12.0. The van der Waals surface area contributed by atoms with E-state index in [1.165, 1.54) is 0 Å². The molecule has 1 fully saturated rings. The summed E-state index contributed by atoms with van der Waals surface area (Å²) >= 11 is 0. The first-order valence-corrected chi connectivity index (χ1v) is 8.98. The Bertz CT molecular complexity index is 569. The van der Waals surface area contributed by atoms with Crippen LogP contribution in [0.1, 0.15) is 38.1 Å². The largest absolute Gasteiger partial charge is 0.490 e. The van der Waals surface area contributed by atoms with E-state index in [2.05, 4.69) is 24.1 Å². The minimum absolute atomic E-state index is 0.106. The second-order valence-electron chi connectivity index (χ2n) is 6.62. The molecule has 1 heterocycles. The molecular formula is C19H30N2O4. The number of rotatable bonds is 8. The fourth-order valence-electron chi connectivity index (χ4n) is 2.87. The number of ether oxygens (including phenoxy) is 3. The van der Waals surface area contributed by atoms with Crippen molar-refractivity contribution in [2.24, 2.45) is 0 Å². The summed E-state index contributed by atoms with van der Waals surface area (Å²) in [6, 6.07) is 5.30. The Morgan fingerprint density at radius 3 is 2.44 bits per heavy atom. The Morgan fingerprint density at radius 2 is 1.80 bits per heavy atom. The number of benzene rings is 1. The summed E-state index contributed by atoms with van der Waals surface area (Å²) < 4.78 is 16.5. The summed E-state index contributed by atoms with van der Waals surface area (Å²) in [6.07, 6.45) is 0. The van der Waals surface area contributed by atoms with E-state index in [1.807, 2.05) is 13.8 Å². The molecular weight excluding hydrogens is 320 g/mol. The summed E-state index contributed by atoms with van der Waals surface area (Å²) in [7, 11) is 0. The molecule has 0 radical (unpaired) electrons. The number of nitrogens with one attached hydrogen (secondary N) is 1. The fraction of sp³-hybridized carbons (Fsp3) is 0.632. The molecule has 1 aliphatic heterocycles. The van der Waals surface area contributed by atoms with Gasteiger partial charge in [0.05, 0.1) is 26.4 Å². The molecule has 0 spiro atoms. The van der Waals surface area contributed by atoms with Crippen molar-refractivity contribution < 1.29 is 19.0 Å². The molecule has 2 rings (SSSR count). The molecule has 140 valence electrons. The molecule has 1 amide bonds. The highest BCUT2D eigenvalue weighted by molar-refractivity contribution is 5.94. The van der Waals surface area contributed by atoms with Crippen LogP contribution in [0.3, 0.4) is 0 Å². The topological polar surface area (TPSA) is 60.0 Å². The van der Waals surface area contributed by atoms with Gasteiger partial charge in [0.25, 0.3) is 5.91 Å². The molecule has 1 aromatic rings. The number of carbonyl (C=O) groups excluding carboxylic acids is 1. The van der Waals surface area contributed by atoms with Gasteiger partial charge >= 0.3 is 0 Å². The maximum absolute atomic E-state index is 12.5. The Morgan fingerprint density at radius 1 is 1.16 bits per heavy atom. The van der Waals surface area contributed by atoms with Gasteiger partial charge in [-0.1, -0.05) is 0 Å². The summed E-state index contributed by atoms with van der Waals surface area (Å²) in [6.45, 7) is 13.0. The monoisotopic (exact) mass is 350 g/mol. The standard InChI is InChI=1S/C19H30N2O4/c1-5-24-16-8-7-15(13-17(16)25-6-2)18(22)20-14-19(3,4)21-9-11-23-12-10-21/h7-8,13H,5-6,9-12,14H2,1-4H3,(H,20,22). The molecule has 1 aromatic carbocycles. The van der Waals surface area contributed by atoms with Crippen LogP contribution in [-0.2, 0) is 4.74 Å². The maximum atomic E-state index is 12.5. The Balaban J connectivity index is 2.00. The Kier molecular flexibility index (Phi) is 7.08. The van der Waals surface area contributed by atoms with E-state index in [0.29, 0.717) is 36.8 Å². The van der Waals surface area contributed by atoms with Crippen molar-refractivity contribution in [1.29, 1.82) is 0 Å². The zero-order valence-electron chi connectivity index (χ0n) is 15.8. The van der Waals surface area contributed by atoms with Crippen molar-refractivity contribution in [3.05, 3.63) is 23.8 Å². The van der Waals surface area contributed by atoms with Gasteiger partial charge in [0, 0.05) is 30.7 Å². The second-order valence-corrected chi connectivity index (χ2v) is 6.62. The molecule has 6 nitrogen and oxygen atoms in total. The molecule has 1 aliphatic rings. The van der Waals surface area contributed by atoms with E-state index in [4.69, 9.17) is 14.2 Å². The molecule has 0 aliphatic carbocycles. The van der Waals surface area contributed by atoms with Crippen LogP contribution >= 0.6 is 0 Å². The second kappa shape index (κ2) is 9.06. The Hall–Kier alpha value is -1.79. The van der Waals surface area contributed by atoms with Gasteiger partial charge in [-0.2, -0.15) is 0 Å². The minimum Gasteiger partial charge on any atom is -0.490 e. The van der Waals surface area contributed by atoms with Crippen LogP contribution in [0.2, 0.25) is 0 Å². The van der Waals surface area contributed by atoms with Crippen molar-refractivity contribution >= 4 is 5.91 Å². The van der Waals surface area contributed by atoms with E-state index in [-0.39, 0.29) is 11.4 Å². The van der Waals surface area contributed by atoms with Gasteiger partial charge < -0.3 is 19.5 Å². The van der Waals surface area contributed by atoms with Gasteiger partial charge in [0.15, 0.2) is 11.5 Å². The molecule has 0 atom stereocenters. The van der Waals surface area contributed by atoms with Crippen LogP contribution in [0.15, 0.2) is 18.2 Å².